The van der Waals surface area contributed by atoms with Crippen LogP contribution < -0.4 is 15.4 Å². The molecule has 3 rings (SSSR count). The van der Waals surface area contributed by atoms with Gasteiger partial charge >= 0.3 is 0 Å². The predicted octanol–water partition coefficient (Wildman–Crippen LogP) is 0.230. The fraction of sp³-hybridized carbons (Fsp3) is 0.529. The smallest absolute Gasteiger partial charge is 0.266 e. The Bertz CT molecular complexity index is 766. The van der Waals surface area contributed by atoms with E-state index in [1.54, 1.807) is 23.1 Å². The maximum Gasteiger partial charge on any atom is 0.266 e. The molecule has 25 heavy (non-hydrogen) atoms. The molecule has 0 radical (unpaired) electrons. The van der Waals surface area contributed by atoms with Gasteiger partial charge in [-0.25, -0.2) is 14.6 Å². The second-order valence-corrected chi connectivity index (χ2v) is 6.49. The van der Waals surface area contributed by atoms with Gasteiger partial charge in [-0.2, -0.15) is 5.10 Å². The first-order chi connectivity index (χ1) is 12.0. The molecule has 2 aromatic heterocycles. The van der Waals surface area contributed by atoms with E-state index in [4.69, 9.17) is 0 Å². The van der Waals surface area contributed by atoms with Crippen LogP contribution in [0.1, 0.15) is 5.69 Å². The van der Waals surface area contributed by atoms with E-state index in [0.717, 1.165) is 50.1 Å². The van der Waals surface area contributed by atoms with Crippen molar-refractivity contribution in [1.82, 2.24) is 24.6 Å². The third-order valence-corrected chi connectivity index (χ3v) is 4.42. The fourth-order valence-electron chi connectivity index (χ4n) is 2.90. The third-order valence-electron chi connectivity index (χ3n) is 4.42. The Morgan fingerprint density at radius 1 is 1.08 bits per heavy atom. The second kappa shape index (κ2) is 7.60. The van der Waals surface area contributed by atoms with Gasteiger partial charge in [0.15, 0.2) is 0 Å². The van der Waals surface area contributed by atoms with Crippen molar-refractivity contribution in [2.24, 2.45) is 0 Å². The van der Waals surface area contributed by atoms with Crippen LogP contribution in [0, 0.1) is 6.92 Å². The Morgan fingerprint density at radius 3 is 2.56 bits per heavy atom. The Balaban J connectivity index is 1.54. The van der Waals surface area contributed by atoms with Crippen LogP contribution >= 0.6 is 0 Å². The number of hydrogen-bond donors (Lipinski definition) is 0. The van der Waals surface area contributed by atoms with Crippen LogP contribution in [-0.2, 0) is 6.54 Å². The van der Waals surface area contributed by atoms with Crippen molar-refractivity contribution in [3.63, 3.8) is 0 Å². The van der Waals surface area contributed by atoms with Crippen LogP contribution in [0.5, 0.6) is 0 Å². The molecule has 0 amide bonds. The highest BCUT2D eigenvalue weighted by atomic mass is 16.1. The molecule has 1 aliphatic heterocycles. The molecule has 0 bridgehead atoms. The molecule has 0 atom stereocenters. The monoisotopic (exact) mass is 343 g/mol. The molecule has 0 aliphatic carbocycles. The summed E-state index contributed by atoms with van der Waals surface area (Å²) in [5, 5.41) is 4.29. The largest absolute Gasteiger partial charge is 0.363 e. The van der Waals surface area contributed by atoms with E-state index in [1.165, 1.54) is 0 Å². The van der Waals surface area contributed by atoms with Gasteiger partial charge in [-0.05, 0) is 13.0 Å². The number of rotatable bonds is 5. The van der Waals surface area contributed by atoms with Crippen LogP contribution in [0.4, 0.5) is 11.6 Å². The normalized spacial score (nSPS) is 15.4. The molecular weight excluding hydrogens is 318 g/mol. The Hall–Kier alpha value is -2.48. The maximum absolute atomic E-state index is 11.8. The molecule has 0 N–H and O–H groups in total. The summed E-state index contributed by atoms with van der Waals surface area (Å²) in [6.45, 7) is 7.08. The highest BCUT2D eigenvalue weighted by Crippen LogP contribution is 2.17. The zero-order chi connectivity index (χ0) is 17.8. The average Bonchev–Trinajstić information content (AvgIpc) is 2.63. The summed E-state index contributed by atoms with van der Waals surface area (Å²) in [5.74, 6) is 1.88. The first kappa shape index (κ1) is 17.3. The zero-order valence-electron chi connectivity index (χ0n) is 15.1. The van der Waals surface area contributed by atoms with Crippen molar-refractivity contribution in [2.45, 2.75) is 13.5 Å². The standard InChI is InChI=1S/C17H25N7O/c1-14-4-5-17(25)24(20-14)11-8-22-6-9-23(10-7-22)16-12-15(21(2)3)18-13-19-16/h4-5,12-13H,6-11H2,1-3H3. The van der Waals surface area contributed by atoms with Gasteiger partial charge in [0.25, 0.3) is 5.56 Å². The summed E-state index contributed by atoms with van der Waals surface area (Å²) in [7, 11) is 3.96. The molecule has 0 spiro atoms. The van der Waals surface area contributed by atoms with E-state index in [9.17, 15) is 4.79 Å². The highest BCUT2D eigenvalue weighted by molar-refractivity contribution is 5.49. The minimum absolute atomic E-state index is 0.0403. The number of anilines is 2. The second-order valence-electron chi connectivity index (χ2n) is 6.49. The van der Waals surface area contributed by atoms with Crippen LogP contribution in [0.15, 0.2) is 29.3 Å². The SMILES string of the molecule is Cc1ccc(=O)n(CCN2CCN(c3cc(N(C)C)ncn3)CC2)n1. The molecule has 2 aromatic rings. The number of hydrogen-bond acceptors (Lipinski definition) is 7. The average molecular weight is 343 g/mol. The molecule has 1 saturated heterocycles. The van der Waals surface area contributed by atoms with Gasteiger partial charge in [-0.15, -0.1) is 0 Å². The summed E-state index contributed by atoms with van der Waals surface area (Å²) in [5.41, 5.74) is 0.825. The summed E-state index contributed by atoms with van der Waals surface area (Å²) < 4.78 is 1.55. The van der Waals surface area contributed by atoms with Gasteiger partial charge < -0.3 is 9.80 Å². The molecule has 3 heterocycles. The van der Waals surface area contributed by atoms with Gasteiger partial charge in [0.2, 0.25) is 0 Å². The van der Waals surface area contributed by atoms with Crippen molar-refractivity contribution in [1.29, 1.82) is 0 Å². The van der Waals surface area contributed by atoms with Gasteiger partial charge in [0.1, 0.15) is 18.0 Å². The van der Waals surface area contributed by atoms with Crippen molar-refractivity contribution < 1.29 is 0 Å². The molecule has 0 aromatic carbocycles. The van der Waals surface area contributed by atoms with Gasteiger partial charge in [0, 0.05) is 59.0 Å². The van der Waals surface area contributed by atoms with E-state index >= 15 is 0 Å². The first-order valence-electron chi connectivity index (χ1n) is 8.54. The van der Waals surface area contributed by atoms with E-state index in [1.807, 2.05) is 32.0 Å². The summed E-state index contributed by atoms with van der Waals surface area (Å²) in [6.07, 6.45) is 1.62. The van der Waals surface area contributed by atoms with Crippen LogP contribution in [0.25, 0.3) is 0 Å². The molecule has 1 fully saturated rings. The van der Waals surface area contributed by atoms with Crippen LogP contribution in [-0.4, -0.2) is 71.5 Å². The Kier molecular flexibility index (Phi) is 5.28. The molecule has 1 aliphatic rings. The van der Waals surface area contributed by atoms with Crippen molar-refractivity contribution in [2.75, 3.05) is 56.6 Å². The van der Waals surface area contributed by atoms with E-state index < -0.39 is 0 Å². The lowest BCUT2D eigenvalue weighted by atomic mass is 10.3. The lowest BCUT2D eigenvalue weighted by molar-refractivity contribution is 0.242. The number of piperazine rings is 1. The number of aryl methyl sites for hydroxylation is 1. The molecule has 8 nitrogen and oxygen atoms in total. The lowest BCUT2D eigenvalue weighted by Crippen LogP contribution is -2.48. The molecule has 0 unspecified atom stereocenters. The zero-order valence-corrected chi connectivity index (χ0v) is 15.1. The van der Waals surface area contributed by atoms with Crippen LogP contribution in [0.3, 0.4) is 0 Å². The fourth-order valence-corrected chi connectivity index (χ4v) is 2.90. The lowest BCUT2D eigenvalue weighted by Gasteiger charge is -2.35. The minimum Gasteiger partial charge on any atom is -0.363 e. The van der Waals surface area contributed by atoms with E-state index in [0.29, 0.717) is 6.54 Å². The topological polar surface area (TPSA) is 70.4 Å². The first-order valence-corrected chi connectivity index (χ1v) is 8.54. The van der Waals surface area contributed by atoms with Gasteiger partial charge in [-0.1, -0.05) is 0 Å². The molecule has 8 heteroatoms. The van der Waals surface area contributed by atoms with Crippen molar-refractivity contribution >= 4 is 11.6 Å². The van der Waals surface area contributed by atoms with Crippen LogP contribution in [0.2, 0.25) is 0 Å². The van der Waals surface area contributed by atoms with E-state index in [-0.39, 0.29) is 5.56 Å². The van der Waals surface area contributed by atoms with E-state index in [2.05, 4.69) is 24.9 Å². The Labute approximate surface area is 147 Å². The Morgan fingerprint density at radius 2 is 1.84 bits per heavy atom. The quantitative estimate of drug-likeness (QED) is 0.770. The summed E-state index contributed by atoms with van der Waals surface area (Å²) >= 11 is 0. The molecule has 0 saturated carbocycles. The van der Waals surface area contributed by atoms with Crippen molar-refractivity contribution in [3.8, 4) is 0 Å². The minimum atomic E-state index is -0.0403. The van der Waals surface area contributed by atoms with Gasteiger partial charge in [-0.3, -0.25) is 9.69 Å². The molecular formula is C17H25N7O. The number of aromatic nitrogens is 4. The summed E-state index contributed by atoms with van der Waals surface area (Å²) in [4.78, 5) is 27.1. The van der Waals surface area contributed by atoms with Crippen molar-refractivity contribution in [3.05, 3.63) is 40.6 Å². The highest BCUT2D eigenvalue weighted by Gasteiger charge is 2.18. The third kappa shape index (κ3) is 4.33. The predicted molar refractivity (Wildman–Crippen MR) is 98.2 cm³/mol. The number of nitrogens with zero attached hydrogens (tertiary/aromatic N) is 7. The maximum atomic E-state index is 11.8. The summed E-state index contributed by atoms with van der Waals surface area (Å²) in [6, 6.07) is 5.35. The molecule has 134 valence electrons. The van der Waals surface area contributed by atoms with Gasteiger partial charge in [0.05, 0.1) is 12.2 Å².